The molecule has 0 spiro atoms. The first-order chi connectivity index (χ1) is 5.13. The maximum absolute atomic E-state index is 5.74. The maximum Gasteiger partial charge on any atom is 0.0551 e. The summed E-state index contributed by atoms with van der Waals surface area (Å²) in [6, 6.07) is 2.43. The van der Waals surface area contributed by atoms with Crippen LogP contribution in [0, 0.1) is 0 Å². The molecule has 0 aliphatic carbocycles. The first kappa shape index (κ1) is 8.27. The van der Waals surface area contributed by atoms with Crippen LogP contribution >= 0.6 is 0 Å². The second-order valence-electron chi connectivity index (χ2n) is 3.08. The van der Waals surface area contributed by atoms with E-state index in [1.807, 2.05) is 17.7 Å². The standard InChI is InChI=1S/C8H15N3/c1-6(2)11-8(7(3)9)4-5-10-11/h4-7H,9H2,1-3H3. The molecule has 0 radical (unpaired) electrons. The monoisotopic (exact) mass is 153 g/mol. The topological polar surface area (TPSA) is 43.8 Å². The van der Waals surface area contributed by atoms with Gasteiger partial charge in [0, 0.05) is 18.3 Å². The molecule has 0 aliphatic rings. The molecule has 0 aromatic carbocycles. The van der Waals surface area contributed by atoms with Gasteiger partial charge >= 0.3 is 0 Å². The molecule has 1 heterocycles. The van der Waals surface area contributed by atoms with Gasteiger partial charge in [0.15, 0.2) is 0 Å². The maximum atomic E-state index is 5.74. The normalized spacial score (nSPS) is 13.9. The Kier molecular flexibility index (Phi) is 2.29. The third-order valence-electron chi connectivity index (χ3n) is 1.66. The predicted octanol–water partition coefficient (Wildman–Crippen LogP) is 1.48. The van der Waals surface area contributed by atoms with E-state index in [4.69, 9.17) is 5.73 Å². The van der Waals surface area contributed by atoms with Crippen molar-refractivity contribution >= 4 is 0 Å². The molecular formula is C8H15N3. The molecule has 1 unspecified atom stereocenters. The van der Waals surface area contributed by atoms with Crippen molar-refractivity contribution in [2.75, 3.05) is 0 Å². The molecule has 0 saturated heterocycles. The molecule has 0 bridgehead atoms. The third-order valence-corrected chi connectivity index (χ3v) is 1.66. The van der Waals surface area contributed by atoms with Gasteiger partial charge in [-0.2, -0.15) is 5.10 Å². The third kappa shape index (κ3) is 1.60. The van der Waals surface area contributed by atoms with Gasteiger partial charge in [0.1, 0.15) is 0 Å². The molecule has 1 aromatic rings. The molecule has 1 aromatic heterocycles. The van der Waals surface area contributed by atoms with Crippen LogP contribution in [0.5, 0.6) is 0 Å². The summed E-state index contributed by atoms with van der Waals surface area (Å²) in [6.07, 6.45) is 1.79. The van der Waals surface area contributed by atoms with Crippen LogP contribution in [-0.4, -0.2) is 9.78 Å². The number of nitrogens with zero attached hydrogens (tertiary/aromatic N) is 2. The smallest absolute Gasteiger partial charge is 0.0551 e. The fourth-order valence-electron chi connectivity index (χ4n) is 1.12. The number of nitrogens with two attached hydrogens (primary N) is 1. The van der Waals surface area contributed by atoms with E-state index in [-0.39, 0.29) is 6.04 Å². The minimum Gasteiger partial charge on any atom is -0.323 e. The Labute approximate surface area is 67.2 Å². The molecule has 11 heavy (non-hydrogen) atoms. The minimum atomic E-state index is 0.0694. The quantitative estimate of drug-likeness (QED) is 0.699. The van der Waals surface area contributed by atoms with Crippen LogP contribution in [-0.2, 0) is 0 Å². The van der Waals surface area contributed by atoms with E-state index in [1.165, 1.54) is 0 Å². The Morgan fingerprint density at radius 1 is 1.45 bits per heavy atom. The van der Waals surface area contributed by atoms with Crippen molar-refractivity contribution in [2.24, 2.45) is 5.73 Å². The van der Waals surface area contributed by atoms with Crippen LogP contribution in [0.15, 0.2) is 12.3 Å². The van der Waals surface area contributed by atoms with Crippen LogP contribution in [0.25, 0.3) is 0 Å². The summed E-state index contributed by atoms with van der Waals surface area (Å²) in [5, 5.41) is 4.17. The zero-order chi connectivity index (χ0) is 8.43. The van der Waals surface area contributed by atoms with E-state index in [2.05, 4.69) is 18.9 Å². The van der Waals surface area contributed by atoms with E-state index in [9.17, 15) is 0 Å². The van der Waals surface area contributed by atoms with Crippen LogP contribution in [0.3, 0.4) is 0 Å². The fourth-order valence-corrected chi connectivity index (χ4v) is 1.12. The lowest BCUT2D eigenvalue weighted by Crippen LogP contribution is -2.14. The van der Waals surface area contributed by atoms with E-state index in [0.29, 0.717) is 6.04 Å². The minimum absolute atomic E-state index is 0.0694. The molecule has 3 heteroatoms. The second-order valence-corrected chi connectivity index (χ2v) is 3.08. The highest BCUT2D eigenvalue weighted by Gasteiger charge is 2.08. The molecule has 0 aliphatic heterocycles. The summed E-state index contributed by atoms with van der Waals surface area (Å²) in [7, 11) is 0. The van der Waals surface area contributed by atoms with Crippen molar-refractivity contribution in [2.45, 2.75) is 32.9 Å². The van der Waals surface area contributed by atoms with Crippen LogP contribution in [0.1, 0.15) is 38.5 Å². The van der Waals surface area contributed by atoms with Crippen LogP contribution in [0.2, 0.25) is 0 Å². The van der Waals surface area contributed by atoms with Gasteiger partial charge in [0.2, 0.25) is 0 Å². The van der Waals surface area contributed by atoms with Crippen LogP contribution in [0.4, 0.5) is 0 Å². The molecular weight excluding hydrogens is 138 g/mol. The van der Waals surface area contributed by atoms with Gasteiger partial charge < -0.3 is 5.73 Å². The number of aromatic nitrogens is 2. The van der Waals surface area contributed by atoms with Crippen molar-refractivity contribution in [1.29, 1.82) is 0 Å². The zero-order valence-corrected chi connectivity index (χ0v) is 7.28. The zero-order valence-electron chi connectivity index (χ0n) is 7.28. The number of rotatable bonds is 2. The first-order valence-corrected chi connectivity index (χ1v) is 3.92. The van der Waals surface area contributed by atoms with Gasteiger partial charge in [0.05, 0.1) is 5.69 Å². The van der Waals surface area contributed by atoms with E-state index in [0.717, 1.165) is 5.69 Å². The summed E-state index contributed by atoms with van der Waals surface area (Å²) < 4.78 is 1.95. The Bertz CT molecular complexity index is 202. The molecule has 62 valence electrons. The summed E-state index contributed by atoms with van der Waals surface area (Å²) in [4.78, 5) is 0. The van der Waals surface area contributed by atoms with Gasteiger partial charge in [-0.05, 0) is 26.8 Å². The Morgan fingerprint density at radius 3 is 2.45 bits per heavy atom. The van der Waals surface area contributed by atoms with Gasteiger partial charge in [-0.25, -0.2) is 0 Å². The van der Waals surface area contributed by atoms with Crippen molar-refractivity contribution < 1.29 is 0 Å². The lowest BCUT2D eigenvalue weighted by atomic mass is 10.2. The van der Waals surface area contributed by atoms with E-state index in [1.54, 1.807) is 6.20 Å². The molecule has 1 rings (SSSR count). The predicted molar refractivity (Wildman–Crippen MR) is 45.2 cm³/mol. The fraction of sp³-hybridized carbons (Fsp3) is 0.625. The molecule has 0 saturated carbocycles. The van der Waals surface area contributed by atoms with Gasteiger partial charge in [-0.3, -0.25) is 4.68 Å². The number of hydrogen-bond donors (Lipinski definition) is 1. The van der Waals surface area contributed by atoms with E-state index >= 15 is 0 Å². The highest BCUT2D eigenvalue weighted by Crippen LogP contribution is 2.13. The summed E-state index contributed by atoms with van der Waals surface area (Å²) in [5.41, 5.74) is 6.83. The van der Waals surface area contributed by atoms with Crippen molar-refractivity contribution in [3.63, 3.8) is 0 Å². The van der Waals surface area contributed by atoms with Gasteiger partial charge in [-0.1, -0.05) is 0 Å². The Balaban J connectivity index is 2.96. The number of hydrogen-bond acceptors (Lipinski definition) is 2. The highest BCUT2D eigenvalue weighted by molar-refractivity contribution is 5.05. The summed E-state index contributed by atoms with van der Waals surface area (Å²) >= 11 is 0. The Morgan fingerprint density at radius 2 is 2.09 bits per heavy atom. The van der Waals surface area contributed by atoms with Crippen molar-refractivity contribution in [1.82, 2.24) is 9.78 Å². The molecule has 0 fully saturated rings. The second kappa shape index (κ2) is 3.05. The molecule has 1 atom stereocenters. The lowest BCUT2D eigenvalue weighted by Gasteiger charge is -2.12. The summed E-state index contributed by atoms with van der Waals surface area (Å²) in [6.45, 7) is 6.16. The highest BCUT2D eigenvalue weighted by atomic mass is 15.3. The average molecular weight is 153 g/mol. The molecule has 3 nitrogen and oxygen atoms in total. The first-order valence-electron chi connectivity index (χ1n) is 3.92. The van der Waals surface area contributed by atoms with Crippen LogP contribution < -0.4 is 5.73 Å². The van der Waals surface area contributed by atoms with Gasteiger partial charge in [-0.15, -0.1) is 0 Å². The lowest BCUT2D eigenvalue weighted by molar-refractivity contribution is 0.494. The largest absolute Gasteiger partial charge is 0.323 e. The van der Waals surface area contributed by atoms with Crippen molar-refractivity contribution in [3.8, 4) is 0 Å². The van der Waals surface area contributed by atoms with Gasteiger partial charge in [0.25, 0.3) is 0 Å². The van der Waals surface area contributed by atoms with E-state index < -0.39 is 0 Å². The SMILES string of the molecule is CC(N)c1ccnn1C(C)C. The van der Waals surface area contributed by atoms with Crippen molar-refractivity contribution in [3.05, 3.63) is 18.0 Å². The Hall–Kier alpha value is -0.830. The average Bonchev–Trinajstić information content (AvgIpc) is 2.32. The molecule has 0 amide bonds. The molecule has 2 N–H and O–H groups in total. The summed E-state index contributed by atoms with van der Waals surface area (Å²) in [5.74, 6) is 0.